The summed E-state index contributed by atoms with van der Waals surface area (Å²) in [6.07, 6.45) is 4.19. The maximum absolute atomic E-state index is 10.2. The van der Waals surface area contributed by atoms with E-state index in [0.717, 1.165) is 11.8 Å². The number of carbonyl (C=O) groups is 1. The van der Waals surface area contributed by atoms with Crippen LogP contribution in [0.5, 0.6) is 0 Å². The third-order valence-electron chi connectivity index (χ3n) is 2.08. The minimum absolute atomic E-state index is 0.804. The van der Waals surface area contributed by atoms with Crippen molar-refractivity contribution in [2.45, 2.75) is 20.8 Å². The Labute approximate surface area is 79.1 Å². The van der Waals surface area contributed by atoms with Crippen LogP contribution in [-0.4, -0.2) is 6.29 Å². The summed E-state index contributed by atoms with van der Waals surface area (Å²) in [5.74, 6) is 0. The van der Waals surface area contributed by atoms with Crippen LogP contribution < -0.4 is 0 Å². The Kier molecular flexibility index (Phi) is 3.02. The molecule has 0 aliphatic heterocycles. The van der Waals surface area contributed by atoms with Crippen molar-refractivity contribution in [2.24, 2.45) is 0 Å². The molecule has 1 heteroatoms. The number of allylic oxidation sites excluding steroid dienone is 1. The Balaban J connectivity index is 3.20. The molecule has 1 rings (SSSR count). The smallest absolute Gasteiger partial charge is 0.142 e. The average Bonchev–Trinajstić information content (AvgIpc) is 2.02. The van der Waals surface area contributed by atoms with E-state index in [2.05, 4.69) is 32.9 Å². The number of benzene rings is 1. The van der Waals surface area contributed by atoms with E-state index in [-0.39, 0.29) is 0 Å². The fraction of sp³-hybridized carbons (Fsp3) is 0.250. The summed E-state index contributed by atoms with van der Waals surface area (Å²) < 4.78 is 0. The molecule has 1 nitrogen and oxygen atoms in total. The lowest BCUT2D eigenvalue weighted by atomic mass is 10.00. The van der Waals surface area contributed by atoms with Crippen molar-refractivity contribution in [1.29, 1.82) is 0 Å². The van der Waals surface area contributed by atoms with Gasteiger partial charge in [-0.1, -0.05) is 23.8 Å². The molecule has 0 atom stereocenters. The lowest BCUT2D eigenvalue weighted by Gasteiger charge is -2.06. The number of rotatable bonds is 2. The molecule has 13 heavy (non-hydrogen) atoms. The lowest BCUT2D eigenvalue weighted by molar-refractivity contribution is -0.104. The van der Waals surface area contributed by atoms with Crippen LogP contribution in [0.1, 0.15) is 22.3 Å². The number of aryl methyl sites for hydroxylation is 3. The highest BCUT2D eigenvalue weighted by Gasteiger charge is 1.99. The number of aldehydes is 1. The molecule has 0 unspecified atom stereocenters. The van der Waals surface area contributed by atoms with Gasteiger partial charge in [0.15, 0.2) is 0 Å². The maximum Gasteiger partial charge on any atom is 0.142 e. The molecular weight excluding hydrogens is 160 g/mol. The molecular formula is C12H14O. The Bertz CT molecular complexity index is 325. The third-order valence-corrected chi connectivity index (χ3v) is 2.08. The fourth-order valence-corrected chi connectivity index (χ4v) is 1.59. The zero-order chi connectivity index (χ0) is 9.84. The SMILES string of the molecule is Cc1cc(C)c(C=CC=O)c(C)c1. The molecule has 0 spiro atoms. The van der Waals surface area contributed by atoms with Gasteiger partial charge < -0.3 is 0 Å². The lowest BCUT2D eigenvalue weighted by Crippen LogP contribution is -1.88. The van der Waals surface area contributed by atoms with Crippen LogP contribution in [0.4, 0.5) is 0 Å². The summed E-state index contributed by atoms with van der Waals surface area (Å²) in [6.45, 7) is 6.20. The average molecular weight is 174 g/mol. The molecule has 0 aliphatic carbocycles. The van der Waals surface area contributed by atoms with Crippen molar-refractivity contribution in [2.75, 3.05) is 0 Å². The van der Waals surface area contributed by atoms with E-state index in [1.54, 1.807) is 0 Å². The maximum atomic E-state index is 10.2. The zero-order valence-corrected chi connectivity index (χ0v) is 8.29. The number of hydrogen-bond acceptors (Lipinski definition) is 1. The highest BCUT2D eigenvalue weighted by Crippen LogP contribution is 2.17. The van der Waals surface area contributed by atoms with Gasteiger partial charge in [0.1, 0.15) is 6.29 Å². The van der Waals surface area contributed by atoms with Crippen molar-refractivity contribution in [1.82, 2.24) is 0 Å². The van der Waals surface area contributed by atoms with E-state index in [1.807, 2.05) is 6.08 Å². The Morgan fingerprint density at radius 2 is 1.62 bits per heavy atom. The topological polar surface area (TPSA) is 17.1 Å². The monoisotopic (exact) mass is 174 g/mol. The van der Waals surface area contributed by atoms with Crippen LogP contribution in [0.3, 0.4) is 0 Å². The van der Waals surface area contributed by atoms with Crippen molar-refractivity contribution in [3.05, 3.63) is 40.5 Å². The molecule has 0 bridgehead atoms. The van der Waals surface area contributed by atoms with E-state index in [1.165, 1.54) is 22.8 Å². The van der Waals surface area contributed by atoms with Gasteiger partial charge in [-0.2, -0.15) is 0 Å². The first kappa shape index (κ1) is 9.72. The number of carbonyl (C=O) groups excluding carboxylic acids is 1. The normalized spacial score (nSPS) is 10.7. The van der Waals surface area contributed by atoms with E-state index in [9.17, 15) is 4.79 Å². The molecule has 1 aromatic carbocycles. The summed E-state index contributed by atoms with van der Waals surface area (Å²) in [6, 6.07) is 4.24. The third kappa shape index (κ3) is 2.28. The molecule has 1 aromatic rings. The largest absolute Gasteiger partial charge is 0.299 e. The Morgan fingerprint density at radius 3 is 2.08 bits per heavy atom. The van der Waals surface area contributed by atoms with Crippen molar-refractivity contribution >= 4 is 12.4 Å². The minimum Gasteiger partial charge on any atom is -0.299 e. The minimum atomic E-state index is 0.804. The standard InChI is InChI=1S/C12H14O/c1-9-7-10(2)12(5-4-6-13)11(3)8-9/h4-8H,1-3H3. The first-order chi connectivity index (χ1) is 6.15. The van der Waals surface area contributed by atoms with Crippen LogP contribution in [0.2, 0.25) is 0 Å². The molecule has 0 N–H and O–H groups in total. The molecule has 0 radical (unpaired) electrons. The Hall–Kier alpha value is -1.37. The molecule has 0 aliphatic rings. The van der Waals surface area contributed by atoms with Gasteiger partial charge in [0.05, 0.1) is 0 Å². The molecule has 0 fully saturated rings. The van der Waals surface area contributed by atoms with Crippen molar-refractivity contribution in [3.8, 4) is 0 Å². The van der Waals surface area contributed by atoms with Gasteiger partial charge in [0, 0.05) is 0 Å². The predicted octanol–water partition coefficient (Wildman–Crippen LogP) is 2.82. The van der Waals surface area contributed by atoms with Gasteiger partial charge in [-0.3, -0.25) is 4.79 Å². The van der Waals surface area contributed by atoms with Gasteiger partial charge in [0.2, 0.25) is 0 Å². The predicted molar refractivity (Wildman–Crippen MR) is 55.8 cm³/mol. The summed E-state index contributed by atoms with van der Waals surface area (Å²) >= 11 is 0. The number of hydrogen-bond donors (Lipinski definition) is 0. The van der Waals surface area contributed by atoms with Crippen LogP contribution in [0, 0.1) is 20.8 Å². The molecule has 0 amide bonds. The molecule has 0 heterocycles. The first-order valence-corrected chi connectivity index (χ1v) is 4.35. The molecule has 0 saturated heterocycles. The van der Waals surface area contributed by atoms with Crippen LogP contribution >= 0.6 is 0 Å². The van der Waals surface area contributed by atoms with E-state index in [0.29, 0.717) is 0 Å². The molecule has 68 valence electrons. The van der Waals surface area contributed by atoms with Gasteiger partial charge in [-0.25, -0.2) is 0 Å². The van der Waals surface area contributed by atoms with Crippen LogP contribution in [0.25, 0.3) is 6.08 Å². The Morgan fingerprint density at radius 1 is 1.08 bits per heavy atom. The van der Waals surface area contributed by atoms with Gasteiger partial charge in [0.25, 0.3) is 0 Å². The van der Waals surface area contributed by atoms with E-state index >= 15 is 0 Å². The van der Waals surface area contributed by atoms with Gasteiger partial charge in [-0.05, 0) is 43.5 Å². The van der Waals surface area contributed by atoms with Crippen LogP contribution in [-0.2, 0) is 4.79 Å². The van der Waals surface area contributed by atoms with E-state index < -0.39 is 0 Å². The van der Waals surface area contributed by atoms with E-state index in [4.69, 9.17) is 0 Å². The first-order valence-electron chi connectivity index (χ1n) is 4.35. The zero-order valence-electron chi connectivity index (χ0n) is 8.29. The fourth-order valence-electron chi connectivity index (χ4n) is 1.59. The highest BCUT2D eigenvalue weighted by atomic mass is 16.1. The van der Waals surface area contributed by atoms with Crippen molar-refractivity contribution in [3.63, 3.8) is 0 Å². The summed E-state index contributed by atoms with van der Waals surface area (Å²) in [7, 11) is 0. The summed E-state index contributed by atoms with van der Waals surface area (Å²) in [5.41, 5.74) is 4.85. The highest BCUT2D eigenvalue weighted by molar-refractivity contribution is 5.75. The second-order valence-corrected chi connectivity index (χ2v) is 3.31. The second kappa shape index (κ2) is 4.04. The quantitative estimate of drug-likeness (QED) is 0.497. The summed E-state index contributed by atoms with van der Waals surface area (Å²) in [5, 5.41) is 0. The molecule has 0 saturated carbocycles. The van der Waals surface area contributed by atoms with Crippen LogP contribution in [0.15, 0.2) is 18.2 Å². The second-order valence-electron chi connectivity index (χ2n) is 3.31. The van der Waals surface area contributed by atoms with Crippen molar-refractivity contribution < 1.29 is 4.79 Å². The molecule has 0 aromatic heterocycles. The summed E-state index contributed by atoms with van der Waals surface area (Å²) in [4.78, 5) is 10.2. The van der Waals surface area contributed by atoms with Gasteiger partial charge >= 0.3 is 0 Å². The van der Waals surface area contributed by atoms with Gasteiger partial charge in [-0.15, -0.1) is 0 Å².